The van der Waals surface area contributed by atoms with Crippen molar-refractivity contribution in [2.24, 2.45) is 0 Å². The van der Waals surface area contributed by atoms with E-state index in [9.17, 15) is 14.4 Å². The van der Waals surface area contributed by atoms with Crippen LogP contribution in [0, 0.1) is 0 Å². The van der Waals surface area contributed by atoms with E-state index in [1.807, 2.05) is 43.3 Å². The van der Waals surface area contributed by atoms with E-state index in [2.05, 4.69) is 15.7 Å². The van der Waals surface area contributed by atoms with E-state index < -0.39 is 23.9 Å². The molecule has 10 heteroatoms. The summed E-state index contributed by atoms with van der Waals surface area (Å²) in [4.78, 5) is 45.0. The molecule has 2 N–H and O–H groups in total. The minimum Gasteiger partial charge on any atom is -0.463 e. The fourth-order valence-electron chi connectivity index (χ4n) is 3.77. The van der Waals surface area contributed by atoms with E-state index in [1.165, 1.54) is 6.39 Å². The highest BCUT2D eigenvalue weighted by molar-refractivity contribution is 5.99. The number of rotatable bonds is 6. The van der Waals surface area contributed by atoms with Gasteiger partial charge in [-0.05, 0) is 49.7 Å². The van der Waals surface area contributed by atoms with Crippen molar-refractivity contribution in [2.45, 2.75) is 19.9 Å². The number of hydrogen-bond donors (Lipinski definition) is 2. The third kappa shape index (κ3) is 4.29. The lowest BCUT2D eigenvalue weighted by Crippen LogP contribution is -2.56. The Morgan fingerprint density at radius 3 is 2.62 bits per heavy atom. The average molecular weight is 463 g/mol. The van der Waals surface area contributed by atoms with Gasteiger partial charge in [0.25, 0.3) is 5.91 Å². The minimum atomic E-state index is -0.899. The number of ether oxygens (including phenoxy) is 1. The molecule has 0 fully saturated rings. The zero-order chi connectivity index (χ0) is 24.4. The Kier molecular flexibility index (Phi) is 6.22. The first-order valence-electron chi connectivity index (χ1n) is 10.7. The Bertz CT molecular complexity index is 1280. The zero-order valence-corrected chi connectivity index (χ0v) is 19.3. The van der Waals surface area contributed by atoms with Crippen molar-refractivity contribution in [3.63, 3.8) is 0 Å². The molecule has 1 aliphatic rings. The summed E-state index contributed by atoms with van der Waals surface area (Å²) in [6.07, 6.45) is 1.29. The van der Waals surface area contributed by atoms with Gasteiger partial charge in [-0.1, -0.05) is 12.1 Å². The summed E-state index contributed by atoms with van der Waals surface area (Å²) in [6, 6.07) is 10.6. The zero-order valence-electron chi connectivity index (χ0n) is 19.3. The van der Waals surface area contributed by atoms with Gasteiger partial charge >= 0.3 is 12.0 Å². The van der Waals surface area contributed by atoms with Crippen LogP contribution >= 0.6 is 0 Å². The molecule has 3 aromatic rings. The molecule has 2 heterocycles. The Labute approximate surface area is 196 Å². The number of hydrogen-bond acceptors (Lipinski definition) is 7. The molecule has 1 atom stereocenters. The Balaban J connectivity index is 1.73. The molecule has 176 valence electrons. The second-order valence-corrected chi connectivity index (χ2v) is 7.92. The van der Waals surface area contributed by atoms with Gasteiger partial charge in [0.2, 0.25) is 0 Å². The lowest BCUT2D eigenvalue weighted by molar-refractivity contribution is -0.139. The van der Waals surface area contributed by atoms with Crippen LogP contribution in [0.4, 0.5) is 10.5 Å². The summed E-state index contributed by atoms with van der Waals surface area (Å²) in [5.74, 6) is -1.12. The third-order valence-electron chi connectivity index (χ3n) is 5.48. The Hall–Kier alpha value is -4.34. The number of aromatic nitrogens is 1. The average Bonchev–Trinajstić information content (AvgIpc) is 3.28. The van der Waals surface area contributed by atoms with Crippen LogP contribution in [0.15, 0.2) is 64.5 Å². The molecule has 0 bridgehead atoms. The van der Waals surface area contributed by atoms with Gasteiger partial charge in [0, 0.05) is 31.0 Å². The first kappa shape index (κ1) is 22.8. The normalized spacial score (nSPS) is 15.8. The quantitative estimate of drug-likeness (QED) is 0.540. The number of carbonyl (C=O) groups is 3. The van der Waals surface area contributed by atoms with Crippen molar-refractivity contribution in [1.29, 1.82) is 0 Å². The van der Waals surface area contributed by atoms with Gasteiger partial charge in [-0.3, -0.25) is 10.2 Å². The summed E-state index contributed by atoms with van der Waals surface area (Å²) >= 11 is 0. The Morgan fingerprint density at radius 2 is 1.94 bits per heavy atom. The molecule has 3 amide bonds. The maximum atomic E-state index is 13.1. The molecular weight excluding hydrogens is 438 g/mol. The van der Waals surface area contributed by atoms with E-state index in [0.29, 0.717) is 22.4 Å². The fraction of sp³-hybridized carbons (Fsp3) is 0.250. The van der Waals surface area contributed by atoms with Crippen LogP contribution in [0.3, 0.4) is 0 Å². The van der Waals surface area contributed by atoms with Gasteiger partial charge < -0.3 is 19.4 Å². The molecule has 10 nitrogen and oxygen atoms in total. The smallest absolute Gasteiger partial charge is 0.341 e. The summed E-state index contributed by atoms with van der Waals surface area (Å²) in [7, 11) is 3.82. The number of amides is 3. The van der Waals surface area contributed by atoms with Gasteiger partial charge in [-0.2, -0.15) is 0 Å². The van der Waals surface area contributed by atoms with Gasteiger partial charge in [0.15, 0.2) is 12.0 Å². The van der Waals surface area contributed by atoms with Gasteiger partial charge in [-0.15, -0.1) is 0 Å². The topological polar surface area (TPSA) is 117 Å². The first-order chi connectivity index (χ1) is 16.3. The molecule has 34 heavy (non-hydrogen) atoms. The number of hydrazine groups is 1. The van der Waals surface area contributed by atoms with E-state index >= 15 is 0 Å². The van der Waals surface area contributed by atoms with Crippen molar-refractivity contribution < 1.29 is 23.5 Å². The number of anilines is 1. The highest BCUT2D eigenvalue weighted by Crippen LogP contribution is 2.34. The molecule has 0 aliphatic carbocycles. The summed E-state index contributed by atoms with van der Waals surface area (Å²) in [5, 5.41) is 3.76. The monoisotopic (exact) mass is 463 g/mol. The molecule has 1 unspecified atom stereocenters. The molecule has 0 radical (unpaired) electrons. The van der Waals surface area contributed by atoms with Crippen LogP contribution in [-0.4, -0.2) is 48.6 Å². The molecule has 1 aliphatic heterocycles. The second kappa shape index (κ2) is 9.26. The molecular formula is C24H25N5O5. The van der Waals surface area contributed by atoms with E-state index in [1.54, 1.807) is 32.0 Å². The van der Waals surface area contributed by atoms with E-state index in [0.717, 1.165) is 10.7 Å². The maximum Gasteiger partial charge on any atom is 0.341 e. The fourth-order valence-corrected chi connectivity index (χ4v) is 3.77. The summed E-state index contributed by atoms with van der Waals surface area (Å²) in [6.45, 7) is 3.50. The maximum absolute atomic E-state index is 13.1. The van der Waals surface area contributed by atoms with Crippen LogP contribution < -0.4 is 15.6 Å². The molecule has 0 saturated heterocycles. The number of esters is 1. The van der Waals surface area contributed by atoms with E-state index in [-0.39, 0.29) is 17.7 Å². The SMILES string of the molecule is CCOC(=O)C1=C(C)NC(=O)N(NC(=O)c2ccc3ocnc3c2)C1c1ccc(N(C)C)cc1. The number of carbonyl (C=O) groups excluding carboxylic acids is 3. The van der Waals surface area contributed by atoms with Crippen LogP contribution in [0.25, 0.3) is 11.1 Å². The predicted molar refractivity (Wildman–Crippen MR) is 125 cm³/mol. The molecule has 0 saturated carbocycles. The van der Waals surface area contributed by atoms with Crippen molar-refractivity contribution in [1.82, 2.24) is 20.7 Å². The van der Waals surface area contributed by atoms with Crippen molar-refractivity contribution >= 4 is 34.7 Å². The number of fused-ring (bicyclic) bond motifs is 1. The van der Waals surface area contributed by atoms with Gasteiger partial charge in [-0.25, -0.2) is 19.6 Å². The second-order valence-electron chi connectivity index (χ2n) is 7.92. The molecule has 2 aromatic carbocycles. The largest absolute Gasteiger partial charge is 0.463 e. The molecule has 0 spiro atoms. The number of allylic oxidation sites excluding steroid dienone is 1. The van der Waals surface area contributed by atoms with Crippen molar-refractivity contribution in [3.05, 3.63) is 71.3 Å². The standard InChI is InChI=1S/C24H25N5O5/c1-5-33-23(31)20-14(2)26-24(32)29(21(20)15-6-9-17(10-7-15)28(3)4)27-22(30)16-8-11-19-18(12-16)25-13-34-19/h6-13,21H,5H2,1-4H3,(H,26,32)(H,27,30). The number of oxazole rings is 1. The van der Waals surface area contributed by atoms with Crippen LogP contribution in [0.5, 0.6) is 0 Å². The van der Waals surface area contributed by atoms with Gasteiger partial charge in [0.05, 0.1) is 12.2 Å². The highest BCUT2D eigenvalue weighted by atomic mass is 16.5. The Morgan fingerprint density at radius 1 is 1.21 bits per heavy atom. The first-order valence-corrected chi connectivity index (χ1v) is 10.7. The number of urea groups is 1. The number of nitrogens with zero attached hydrogens (tertiary/aromatic N) is 3. The number of benzene rings is 2. The van der Waals surface area contributed by atoms with Crippen LogP contribution in [-0.2, 0) is 9.53 Å². The van der Waals surface area contributed by atoms with Crippen LogP contribution in [0.2, 0.25) is 0 Å². The molecule has 4 rings (SSSR count). The van der Waals surface area contributed by atoms with Crippen LogP contribution in [0.1, 0.15) is 35.8 Å². The minimum absolute atomic E-state index is 0.167. The lowest BCUT2D eigenvalue weighted by atomic mass is 9.94. The molecule has 1 aromatic heterocycles. The summed E-state index contributed by atoms with van der Waals surface area (Å²) in [5.41, 5.74) is 6.14. The summed E-state index contributed by atoms with van der Waals surface area (Å²) < 4.78 is 10.5. The number of nitrogens with one attached hydrogen (secondary N) is 2. The van der Waals surface area contributed by atoms with Crippen molar-refractivity contribution in [3.8, 4) is 0 Å². The van der Waals surface area contributed by atoms with Crippen molar-refractivity contribution in [2.75, 3.05) is 25.6 Å². The third-order valence-corrected chi connectivity index (χ3v) is 5.48. The van der Waals surface area contributed by atoms with Gasteiger partial charge in [0.1, 0.15) is 11.6 Å². The van der Waals surface area contributed by atoms with E-state index in [4.69, 9.17) is 9.15 Å². The predicted octanol–water partition coefficient (Wildman–Crippen LogP) is 3.14. The lowest BCUT2D eigenvalue weighted by Gasteiger charge is -2.37. The highest BCUT2D eigenvalue weighted by Gasteiger charge is 2.39.